The molecule has 0 atom stereocenters. The van der Waals surface area contributed by atoms with Crippen LogP contribution in [0, 0.1) is 0 Å². The Morgan fingerprint density at radius 1 is 0.964 bits per heavy atom. The first-order valence-corrected chi connectivity index (χ1v) is 10.4. The first-order chi connectivity index (χ1) is 13.7. The van der Waals surface area contributed by atoms with Crippen LogP contribution in [0.2, 0.25) is 5.02 Å². The van der Waals surface area contributed by atoms with Crippen LogP contribution in [0.15, 0.2) is 54.6 Å². The zero-order valence-corrected chi connectivity index (χ0v) is 17.1. The van der Waals surface area contributed by atoms with Gasteiger partial charge in [-0.2, -0.15) is 0 Å². The molecule has 2 heterocycles. The molecule has 3 aromatic rings. The van der Waals surface area contributed by atoms with Crippen LogP contribution in [0.5, 0.6) is 0 Å². The van der Waals surface area contributed by atoms with E-state index >= 15 is 0 Å². The lowest BCUT2D eigenvalue weighted by atomic mass is 10.1. The molecule has 0 aliphatic carbocycles. The van der Waals surface area contributed by atoms with E-state index < -0.39 is 0 Å². The highest BCUT2D eigenvalue weighted by molar-refractivity contribution is 6.30. The smallest absolute Gasteiger partial charge is 0.124 e. The molecule has 0 spiro atoms. The zero-order chi connectivity index (χ0) is 19.3. The summed E-state index contributed by atoms with van der Waals surface area (Å²) in [6.45, 7) is 8.15. The van der Waals surface area contributed by atoms with Crippen molar-refractivity contribution in [2.75, 3.05) is 26.2 Å². The Morgan fingerprint density at radius 2 is 1.68 bits per heavy atom. The Hall–Kier alpha value is -2.14. The van der Waals surface area contributed by atoms with Gasteiger partial charge in [0.2, 0.25) is 0 Å². The largest absolute Gasteiger partial charge is 0.326 e. The van der Waals surface area contributed by atoms with Gasteiger partial charge in [-0.1, -0.05) is 61.0 Å². The second-order valence-electron chi connectivity index (χ2n) is 7.28. The Kier molecular flexibility index (Phi) is 6.10. The SMILES string of the molecule is CCc1c(-c2ccccc2)nc(CN2CCNCC2)n1Cc1ccc(Cl)cc1. The lowest BCUT2D eigenvalue weighted by Crippen LogP contribution is -2.43. The second-order valence-corrected chi connectivity index (χ2v) is 7.72. The second kappa shape index (κ2) is 8.91. The molecule has 1 aliphatic heterocycles. The molecule has 1 N–H and O–H groups in total. The third-order valence-electron chi connectivity index (χ3n) is 5.36. The summed E-state index contributed by atoms with van der Waals surface area (Å²) in [7, 11) is 0. The standard InChI is InChI=1S/C23H27ClN4/c1-2-21-23(19-6-4-3-5-7-19)26-22(17-27-14-12-25-13-15-27)28(21)16-18-8-10-20(24)11-9-18/h3-11,25H,2,12-17H2,1H3. The minimum absolute atomic E-state index is 0.774. The van der Waals surface area contributed by atoms with Gasteiger partial charge in [0.15, 0.2) is 0 Å². The first kappa shape index (κ1) is 19.2. The van der Waals surface area contributed by atoms with Gasteiger partial charge < -0.3 is 9.88 Å². The van der Waals surface area contributed by atoms with Gasteiger partial charge in [0, 0.05) is 49.0 Å². The predicted octanol–water partition coefficient (Wildman–Crippen LogP) is 4.22. The van der Waals surface area contributed by atoms with Gasteiger partial charge >= 0.3 is 0 Å². The summed E-state index contributed by atoms with van der Waals surface area (Å²) in [6, 6.07) is 18.7. The number of halogens is 1. The molecule has 28 heavy (non-hydrogen) atoms. The monoisotopic (exact) mass is 394 g/mol. The van der Waals surface area contributed by atoms with Crippen LogP contribution in [0.25, 0.3) is 11.3 Å². The summed E-state index contributed by atoms with van der Waals surface area (Å²) >= 11 is 6.09. The van der Waals surface area contributed by atoms with E-state index in [9.17, 15) is 0 Å². The van der Waals surface area contributed by atoms with Crippen LogP contribution in [0.1, 0.15) is 24.0 Å². The van der Waals surface area contributed by atoms with Crippen LogP contribution in [-0.2, 0) is 19.5 Å². The fourth-order valence-corrected chi connectivity index (χ4v) is 4.00. The van der Waals surface area contributed by atoms with Gasteiger partial charge in [0.1, 0.15) is 5.82 Å². The summed E-state index contributed by atoms with van der Waals surface area (Å²) in [6.07, 6.45) is 0.951. The third-order valence-corrected chi connectivity index (χ3v) is 5.61. The van der Waals surface area contributed by atoms with Crippen LogP contribution in [-0.4, -0.2) is 40.6 Å². The fraction of sp³-hybridized carbons (Fsp3) is 0.348. The van der Waals surface area contributed by atoms with Crippen molar-refractivity contribution in [3.8, 4) is 11.3 Å². The number of hydrogen-bond donors (Lipinski definition) is 1. The van der Waals surface area contributed by atoms with Crippen LogP contribution < -0.4 is 5.32 Å². The number of rotatable bonds is 6. The van der Waals surface area contributed by atoms with Crippen LogP contribution in [0.3, 0.4) is 0 Å². The van der Waals surface area contributed by atoms with Crippen LogP contribution >= 0.6 is 11.6 Å². The molecule has 1 fully saturated rings. The number of nitrogens with one attached hydrogen (secondary N) is 1. The molecule has 5 heteroatoms. The highest BCUT2D eigenvalue weighted by Gasteiger charge is 2.20. The molecule has 1 aliphatic rings. The molecule has 2 aromatic carbocycles. The van der Waals surface area contributed by atoms with Crippen molar-refractivity contribution < 1.29 is 0 Å². The molecule has 0 unspecified atom stereocenters. The van der Waals surface area contributed by atoms with Crippen molar-refractivity contribution in [2.24, 2.45) is 0 Å². The van der Waals surface area contributed by atoms with E-state index in [4.69, 9.17) is 16.6 Å². The van der Waals surface area contributed by atoms with Gasteiger partial charge in [0.25, 0.3) is 0 Å². The highest BCUT2D eigenvalue weighted by Crippen LogP contribution is 2.26. The summed E-state index contributed by atoms with van der Waals surface area (Å²) in [5, 5.41) is 4.21. The number of benzene rings is 2. The third kappa shape index (κ3) is 4.30. The van der Waals surface area contributed by atoms with Gasteiger partial charge in [-0.05, 0) is 24.1 Å². The number of imidazole rings is 1. The van der Waals surface area contributed by atoms with E-state index in [1.54, 1.807) is 0 Å². The van der Waals surface area contributed by atoms with Gasteiger partial charge in [0.05, 0.1) is 12.2 Å². The molecular weight excluding hydrogens is 368 g/mol. The molecular formula is C23H27ClN4. The minimum Gasteiger partial charge on any atom is -0.326 e. The fourth-order valence-electron chi connectivity index (χ4n) is 3.87. The van der Waals surface area contributed by atoms with Crippen molar-refractivity contribution in [1.29, 1.82) is 0 Å². The van der Waals surface area contributed by atoms with E-state index in [1.807, 2.05) is 12.1 Å². The number of aromatic nitrogens is 2. The van der Waals surface area contributed by atoms with Gasteiger partial charge in [-0.3, -0.25) is 4.90 Å². The predicted molar refractivity (Wildman–Crippen MR) is 116 cm³/mol. The highest BCUT2D eigenvalue weighted by atomic mass is 35.5. The van der Waals surface area contributed by atoms with E-state index in [0.717, 1.165) is 62.2 Å². The summed E-state index contributed by atoms with van der Waals surface area (Å²) < 4.78 is 2.41. The van der Waals surface area contributed by atoms with E-state index in [0.29, 0.717) is 0 Å². The molecule has 4 rings (SSSR count). The lowest BCUT2D eigenvalue weighted by molar-refractivity contribution is 0.225. The first-order valence-electron chi connectivity index (χ1n) is 10.1. The number of nitrogens with zero attached hydrogens (tertiary/aromatic N) is 3. The normalized spacial score (nSPS) is 15.1. The molecule has 0 radical (unpaired) electrons. The minimum atomic E-state index is 0.774. The zero-order valence-electron chi connectivity index (χ0n) is 16.4. The average molecular weight is 395 g/mol. The van der Waals surface area contributed by atoms with Gasteiger partial charge in [-0.25, -0.2) is 4.98 Å². The molecule has 0 saturated carbocycles. The van der Waals surface area contributed by atoms with Gasteiger partial charge in [-0.15, -0.1) is 0 Å². The molecule has 4 nitrogen and oxygen atoms in total. The maximum atomic E-state index is 6.09. The Morgan fingerprint density at radius 3 is 2.36 bits per heavy atom. The Bertz CT molecular complexity index is 896. The van der Waals surface area contributed by atoms with Crippen molar-refractivity contribution in [2.45, 2.75) is 26.4 Å². The number of hydrogen-bond acceptors (Lipinski definition) is 3. The van der Waals surface area contributed by atoms with Crippen molar-refractivity contribution >= 4 is 11.6 Å². The van der Waals surface area contributed by atoms with E-state index in [2.05, 4.69) is 64.2 Å². The van der Waals surface area contributed by atoms with Crippen LogP contribution in [0.4, 0.5) is 0 Å². The topological polar surface area (TPSA) is 33.1 Å². The Balaban J connectivity index is 1.73. The lowest BCUT2D eigenvalue weighted by Gasteiger charge is -2.27. The quantitative estimate of drug-likeness (QED) is 0.679. The maximum Gasteiger partial charge on any atom is 0.124 e. The maximum absolute atomic E-state index is 6.09. The summed E-state index contributed by atoms with van der Waals surface area (Å²) in [5.74, 6) is 1.15. The molecule has 146 valence electrons. The molecule has 1 saturated heterocycles. The Labute approximate surface area is 172 Å². The molecule has 0 amide bonds. The molecule has 1 aromatic heterocycles. The summed E-state index contributed by atoms with van der Waals surface area (Å²) in [4.78, 5) is 7.63. The van der Waals surface area contributed by atoms with Crippen molar-refractivity contribution in [3.05, 3.63) is 76.7 Å². The van der Waals surface area contributed by atoms with E-state index in [-0.39, 0.29) is 0 Å². The molecule has 0 bridgehead atoms. The van der Waals surface area contributed by atoms with E-state index in [1.165, 1.54) is 16.8 Å². The number of piperazine rings is 1. The summed E-state index contributed by atoms with van der Waals surface area (Å²) in [5.41, 5.74) is 4.85. The van der Waals surface area contributed by atoms with Crippen molar-refractivity contribution in [1.82, 2.24) is 19.8 Å². The van der Waals surface area contributed by atoms with Crippen molar-refractivity contribution in [3.63, 3.8) is 0 Å². The average Bonchev–Trinajstić information content (AvgIpc) is 3.08.